The summed E-state index contributed by atoms with van der Waals surface area (Å²) >= 11 is 1.30. The number of hydrogen-bond acceptors (Lipinski definition) is 6. The van der Waals surface area contributed by atoms with E-state index in [4.69, 9.17) is 9.47 Å². The number of thiazole rings is 1. The SMILES string of the molecule is CCOc1ccccc1N=c1sc(C)c(OC(=O)CC)n1C(=O)CC. The van der Waals surface area contributed by atoms with E-state index in [1.807, 2.05) is 31.2 Å². The van der Waals surface area contributed by atoms with Gasteiger partial charge in [0.05, 0.1) is 11.5 Å². The minimum Gasteiger partial charge on any atom is -0.492 e. The Bertz CT molecular complexity index is 836. The first kappa shape index (κ1) is 18.9. The third kappa shape index (κ3) is 4.36. The van der Waals surface area contributed by atoms with Gasteiger partial charge in [0.15, 0.2) is 4.80 Å². The Morgan fingerprint density at radius 3 is 2.52 bits per heavy atom. The zero-order valence-electron chi connectivity index (χ0n) is 14.9. The fourth-order valence-electron chi connectivity index (χ4n) is 2.15. The molecule has 134 valence electrons. The minimum atomic E-state index is -0.389. The Balaban J connectivity index is 2.63. The van der Waals surface area contributed by atoms with Crippen LogP contribution >= 0.6 is 11.3 Å². The van der Waals surface area contributed by atoms with Crippen molar-refractivity contribution in [2.45, 2.75) is 40.5 Å². The molecule has 1 aromatic heterocycles. The molecule has 1 heterocycles. The largest absolute Gasteiger partial charge is 0.492 e. The summed E-state index contributed by atoms with van der Waals surface area (Å²) in [4.78, 5) is 29.9. The number of para-hydroxylation sites is 2. The van der Waals surface area contributed by atoms with E-state index in [2.05, 4.69) is 4.99 Å². The molecular formula is C18H22N2O4S. The number of aryl methyl sites for hydroxylation is 1. The maximum absolute atomic E-state index is 12.4. The molecule has 2 rings (SSSR count). The number of carbonyl (C=O) groups is 2. The molecule has 0 N–H and O–H groups in total. The fourth-order valence-corrected chi connectivity index (χ4v) is 3.06. The van der Waals surface area contributed by atoms with E-state index in [0.717, 1.165) is 4.88 Å². The number of benzene rings is 1. The smallest absolute Gasteiger partial charge is 0.312 e. The number of ether oxygens (including phenoxy) is 2. The molecule has 2 aromatic rings. The Morgan fingerprint density at radius 2 is 1.88 bits per heavy atom. The van der Waals surface area contributed by atoms with Crippen molar-refractivity contribution in [3.8, 4) is 11.6 Å². The number of carbonyl (C=O) groups excluding carboxylic acids is 2. The van der Waals surface area contributed by atoms with E-state index in [0.29, 0.717) is 22.8 Å². The number of aromatic nitrogens is 1. The Labute approximate surface area is 150 Å². The van der Waals surface area contributed by atoms with Crippen LogP contribution in [0.2, 0.25) is 0 Å². The van der Waals surface area contributed by atoms with Gasteiger partial charge in [-0.05, 0) is 26.0 Å². The second-order valence-electron chi connectivity index (χ2n) is 5.17. The summed E-state index contributed by atoms with van der Waals surface area (Å²) in [6.07, 6.45) is 0.502. The lowest BCUT2D eigenvalue weighted by molar-refractivity contribution is -0.134. The van der Waals surface area contributed by atoms with Crippen molar-refractivity contribution in [3.63, 3.8) is 0 Å². The molecule has 0 saturated heterocycles. The van der Waals surface area contributed by atoms with Gasteiger partial charge in [-0.2, -0.15) is 0 Å². The van der Waals surface area contributed by atoms with Gasteiger partial charge in [0.2, 0.25) is 11.8 Å². The van der Waals surface area contributed by atoms with Gasteiger partial charge in [0.25, 0.3) is 0 Å². The topological polar surface area (TPSA) is 69.9 Å². The molecule has 0 aliphatic rings. The number of rotatable bonds is 6. The average Bonchev–Trinajstić information content (AvgIpc) is 2.91. The Hall–Kier alpha value is -2.41. The Morgan fingerprint density at radius 1 is 1.16 bits per heavy atom. The van der Waals surface area contributed by atoms with Gasteiger partial charge in [-0.15, -0.1) is 0 Å². The summed E-state index contributed by atoms with van der Waals surface area (Å²) in [5, 5.41) is 0. The van der Waals surface area contributed by atoms with Crippen LogP contribution in [0.4, 0.5) is 5.69 Å². The molecule has 0 aliphatic carbocycles. The molecule has 0 aliphatic heterocycles. The molecule has 1 aromatic carbocycles. The molecule has 0 spiro atoms. The molecule has 0 radical (unpaired) electrons. The normalized spacial score (nSPS) is 11.4. The van der Waals surface area contributed by atoms with Crippen LogP contribution in [0, 0.1) is 6.92 Å². The molecule has 0 bridgehead atoms. The Kier molecular flexibility index (Phi) is 6.52. The molecule has 0 amide bonds. The van der Waals surface area contributed by atoms with Crippen molar-refractivity contribution in [2.24, 2.45) is 4.99 Å². The van der Waals surface area contributed by atoms with E-state index in [-0.39, 0.29) is 30.6 Å². The van der Waals surface area contributed by atoms with Crippen LogP contribution in [-0.2, 0) is 4.79 Å². The third-order valence-electron chi connectivity index (χ3n) is 3.37. The van der Waals surface area contributed by atoms with E-state index in [1.165, 1.54) is 15.9 Å². The van der Waals surface area contributed by atoms with Crippen LogP contribution in [0.15, 0.2) is 29.3 Å². The van der Waals surface area contributed by atoms with Crippen LogP contribution in [0.25, 0.3) is 0 Å². The highest BCUT2D eigenvalue weighted by Crippen LogP contribution is 2.28. The molecule has 25 heavy (non-hydrogen) atoms. The molecule has 0 fully saturated rings. The van der Waals surface area contributed by atoms with E-state index < -0.39 is 0 Å². The minimum absolute atomic E-state index is 0.184. The maximum atomic E-state index is 12.4. The van der Waals surface area contributed by atoms with Gasteiger partial charge < -0.3 is 9.47 Å². The van der Waals surface area contributed by atoms with E-state index in [1.54, 1.807) is 20.8 Å². The van der Waals surface area contributed by atoms with Crippen molar-refractivity contribution in [1.29, 1.82) is 0 Å². The fraction of sp³-hybridized carbons (Fsp3) is 0.389. The quantitative estimate of drug-likeness (QED) is 0.732. The maximum Gasteiger partial charge on any atom is 0.312 e. The lowest BCUT2D eigenvalue weighted by Crippen LogP contribution is -2.24. The van der Waals surface area contributed by atoms with Crippen molar-refractivity contribution in [1.82, 2.24) is 4.57 Å². The molecule has 6 nitrogen and oxygen atoms in total. The number of hydrogen-bond donors (Lipinski definition) is 0. The summed E-state index contributed by atoms with van der Waals surface area (Å²) < 4.78 is 12.3. The summed E-state index contributed by atoms with van der Waals surface area (Å²) in [5.74, 6) is 0.311. The predicted molar refractivity (Wildman–Crippen MR) is 96.7 cm³/mol. The molecule has 7 heteroatoms. The summed E-state index contributed by atoms with van der Waals surface area (Å²) in [6, 6.07) is 7.36. The van der Waals surface area contributed by atoms with E-state index in [9.17, 15) is 9.59 Å². The molecule has 0 saturated carbocycles. The van der Waals surface area contributed by atoms with Gasteiger partial charge in [-0.3, -0.25) is 9.59 Å². The predicted octanol–water partition coefficient (Wildman–Crippen LogP) is 3.85. The first-order valence-corrected chi connectivity index (χ1v) is 9.06. The highest BCUT2D eigenvalue weighted by Gasteiger charge is 2.19. The van der Waals surface area contributed by atoms with Crippen LogP contribution in [0.3, 0.4) is 0 Å². The molecule has 0 atom stereocenters. The van der Waals surface area contributed by atoms with Crippen molar-refractivity contribution >= 4 is 28.9 Å². The van der Waals surface area contributed by atoms with Crippen molar-refractivity contribution in [2.75, 3.05) is 6.61 Å². The van der Waals surface area contributed by atoms with Crippen molar-refractivity contribution in [3.05, 3.63) is 33.9 Å². The standard InChI is InChI=1S/C18H22N2O4S/c1-5-15(21)20-17(24-16(22)6-2)12(4)25-18(20)19-13-10-8-9-11-14(13)23-7-3/h8-11H,5-7H2,1-4H3. The average molecular weight is 362 g/mol. The van der Waals surface area contributed by atoms with Crippen LogP contribution < -0.4 is 14.3 Å². The first-order chi connectivity index (χ1) is 12.0. The summed E-state index contributed by atoms with van der Waals surface area (Å²) in [6.45, 7) is 7.68. The summed E-state index contributed by atoms with van der Waals surface area (Å²) in [7, 11) is 0. The van der Waals surface area contributed by atoms with Gasteiger partial charge in [-0.25, -0.2) is 9.56 Å². The number of esters is 1. The zero-order valence-corrected chi connectivity index (χ0v) is 15.7. The lowest BCUT2D eigenvalue weighted by atomic mass is 10.3. The van der Waals surface area contributed by atoms with E-state index >= 15 is 0 Å². The first-order valence-electron chi connectivity index (χ1n) is 8.24. The van der Waals surface area contributed by atoms with Gasteiger partial charge >= 0.3 is 5.97 Å². The van der Waals surface area contributed by atoms with Crippen LogP contribution in [0.5, 0.6) is 11.6 Å². The monoisotopic (exact) mass is 362 g/mol. The van der Waals surface area contributed by atoms with Gasteiger partial charge in [0.1, 0.15) is 11.4 Å². The van der Waals surface area contributed by atoms with Crippen molar-refractivity contribution < 1.29 is 19.1 Å². The third-order valence-corrected chi connectivity index (χ3v) is 4.31. The second kappa shape index (κ2) is 8.62. The van der Waals surface area contributed by atoms with Crippen LogP contribution in [-0.4, -0.2) is 23.1 Å². The molecule has 0 unspecified atom stereocenters. The number of nitrogens with zero attached hydrogens (tertiary/aromatic N) is 2. The highest BCUT2D eigenvalue weighted by molar-refractivity contribution is 7.09. The lowest BCUT2D eigenvalue weighted by Gasteiger charge is -2.08. The van der Waals surface area contributed by atoms with Gasteiger partial charge in [0, 0.05) is 12.8 Å². The van der Waals surface area contributed by atoms with Crippen LogP contribution in [0.1, 0.15) is 43.3 Å². The second-order valence-corrected chi connectivity index (χ2v) is 6.35. The summed E-state index contributed by atoms with van der Waals surface area (Å²) in [5.41, 5.74) is 0.622. The highest BCUT2D eigenvalue weighted by atomic mass is 32.1. The van der Waals surface area contributed by atoms with Gasteiger partial charge in [-0.1, -0.05) is 37.3 Å². The zero-order chi connectivity index (χ0) is 18.4. The molecular weight excluding hydrogens is 340 g/mol.